The molecule has 0 unspecified atom stereocenters. The van der Waals surface area contributed by atoms with Gasteiger partial charge in [-0.2, -0.15) is 0 Å². The number of nitrogens with one attached hydrogen (secondary N) is 1. The highest BCUT2D eigenvalue weighted by atomic mass is 35.5. The summed E-state index contributed by atoms with van der Waals surface area (Å²) in [6.07, 6.45) is 3.00. The van der Waals surface area contributed by atoms with Gasteiger partial charge in [0.2, 0.25) is 21.8 Å². The molecule has 0 aromatic heterocycles. The minimum Gasteiger partial charge on any atom is -0.354 e. The summed E-state index contributed by atoms with van der Waals surface area (Å²) in [5, 5.41) is 3.26. The second-order valence-corrected chi connectivity index (χ2v) is 11.1. The van der Waals surface area contributed by atoms with Crippen LogP contribution in [0.2, 0.25) is 5.02 Å². The lowest BCUT2D eigenvalue weighted by Gasteiger charge is -2.30. The van der Waals surface area contributed by atoms with Gasteiger partial charge >= 0.3 is 0 Å². The molecule has 0 saturated carbocycles. The molecule has 2 aromatic rings. The molecule has 2 aromatic carbocycles. The number of halogens is 2. The average molecular weight is 540 g/mol. The summed E-state index contributed by atoms with van der Waals surface area (Å²) >= 11 is 6.18. The van der Waals surface area contributed by atoms with E-state index in [1.165, 1.54) is 15.3 Å². The number of hydrogen-bond acceptors (Lipinski definition) is 4. The molecule has 2 rings (SSSR count). The van der Waals surface area contributed by atoms with Crippen LogP contribution in [0.4, 0.5) is 10.1 Å². The number of amides is 2. The fourth-order valence-corrected chi connectivity index (χ4v) is 4.96. The Morgan fingerprint density at radius 2 is 1.81 bits per heavy atom. The lowest BCUT2D eigenvalue weighted by Crippen LogP contribution is -2.48. The van der Waals surface area contributed by atoms with Gasteiger partial charge < -0.3 is 10.2 Å². The van der Waals surface area contributed by atoms with Crippen molar-refractivity contribution < 1.29 is 22.4 Å². The predicted molar refractivity (Wildman–Crippen MR) is 142 cm³/mol. The molecule has 0 bridgehead atoms. The van der Waals surface area contributed by atoms with Crippen LogP contribution in [0.15, 0.2) is 42.5 Å². The standard InChI is InChI=1S/C26H35ClFN3O4S/c1-5-6-16-29-26(33)20(3)30(18-21-11-7-8-13-23(21)28)25(32)15-10-17-31(36(4,34)35)24-14-9-12-22(27)19(24)2/h7-9,11-14,20H,5-6,10,15-18H2,1-4H3,(H,29,33)/t20-/m1/s1. The number of benzene rings is 2. The highest BCUT2D eigenvalue weighted by molar-refractivity contribution is 7.92. The number of unbranched alkanes of at least 4 members (excludes halogenated alkanes) is 1. The molecule has 7 nitrogen and oxygen atoms in total. The van der Waals surface area contributed by atoms with Gasteiger partial charge in [-0.25, -0.2) is 12.8 Å². The van der Waals surface area contributed by atoms with Gasteiger partial charge in [0.15, 0.2) is 0 Å². The molecular formula is C26H35ClFN3O4S. The Morgan fingerprint density at radius 3 is 2.44 bits per heavy atom. The SMILES string of the molecule is CCCCNC(=O)[C@@H](C)N(Cc1ccccc1F)C(=O)CCCN(c1cccc(Cl)c1C)S(C)(=O)=O. The molecular weight excluding hydrogens is 505 g/mol. The first-order valence-corrected chi connectivity index (χ1v) is 14.2. The van der Waals surface area contributed by atoms with E-state index >= 15 is 0 Å². The second-order valence-electron chi connectivity index (χ2n) is 8.76. The van der Waals surface area contributed by atoms with Crippen LogP contribution in [-0.4, -0.2) is 50.5 Å². The summed E-state index contributed by atoms with van der Waals surface area (Å²) in [5.41, 5.74) is 1.37. The molecule has 0 aliphatic heterocycles. The van der Waals surface area contributed by atoms with Gasteiger partial charge in [0, 0.05) is 36.6 Å². The fraction of sp³-hybridized carbons (Fsp3) is 0.462. The van der Waals surface area contributed by atoms with Gasteiger partial charge in [-0.3, -0.25) is 13.9 Å². The largest absolute Gasteiger partial charge is 0.354 e. The van der Waals surface area contributed by atoms with Gasteiger partial charge in [-0.15, -0.1) is 0 Å². The Bertz CT molecular complexity index is 1160. The first-order chi connectivity index (χ1) is 17.0. The molecule has 0 radical (unpaired) electrons. The van der Waals surface area contributed by atoms with E-state index in [0.29, 0.717) is 28.4 Å². The van der Waals surface area contributed by atoms with E-state index < -0.39 is 21.9 Å². The minimum atomic E-state index is -3.64. The van der Waals surface area contributed by atoms with Crippen molar-refractivity contribution in [3.8, 4) is 0 Å². The normalized spacial score (nSPS) is 12.2. The van der Waals surface area contributed by atoms with Crippen LogP contribution in [0.3, 0.4) is 0 Å². The summed E-state index contributed by atoms with van der Waals surface area (Å²) in [7, 11) is -3.64. The van der Waals surface area contributed by atoms with E-state index in [1.807, 2.05) is 6.92 Å². The molecule has 1 atom stereocenters. The van der Waals surface area contributed by atoms with E-state index in [1.54, 1.807) is 50.2 Å². The molecule has 198 valence electrons. The molecule has 0 fully saturated rings. The molecule has 0 heterocycles. The zero-order chi connectivity index (χ0) is 26.9. The lowest BCUT2D eigenvalue weighted by atomic mass is 10.1. The molecule has 2 amide bonds. The smallest absolute Gasteiger partial charge is 0.242 e. The zero-order valence-electron chi connectivity index (χ0n) is 21.3. The number of hydrogen-bond donors (Lipinski definition) is 1. The lowest BCUT2D eigenvalue weighted by molar-refractivity contribution is -0.140. The third kappa shape index (κ3) is 8.20. The van der Waals surface area contributed by atoms with Crippen molar-refractivity contribution >= 4 is 39.1 Å². The van der Waals surface area contributed by atoms with Gasteiger partial charge in [0.1, 0.15) is 11.9 Å². The van der Waals surface area contributed by atoms with E-state index in [2.05, 4.69) is 5.32 Å². The maximum absolute atomic E-state index is 14.4. The fourth-order valence-electron chi connectivity index (χ4n) is 3.78. The number of sulfonamides is 1. The van der Waals surface area contributed by atoms with Gasteiger partial charge in [-0.05, 0) is 50.5 Å². The molecule has 0 spiro atoms. The Labute approximate surface area is 218 Å². The van der Waals surface area contributed by atoms with E-state index in [9.17, 15) is 22.4 Å². The maximum Gasteiger partial charge on any atom is 0.242 e. The minimum absolute atomic E-state index is 0.0212. The Morgan fingerprint density at radius 1 is 1.11 bits per heavy atom. The summed E-state index contributed by atoms with van der Waals surface area (Å²) in [6, 6.07) is 10.3. The third-order valence-electron chi connectivity index (χ3n) is 5.96. The Hall–Kier alpha value is -2.65. The third-order valence-corrected chi connectivity index (χ3v) is 7.54. The van der Waals surface area contributed by atoms with Crippen molar-refractivity contribution in [2.24, 2.45) is 0 Å². The average Bonchev–Trinajstić information content (AvgIpc) is 2.82. The molecule has 0 aliphatic carbocycles. The number of nitrogens with zero attached hydrogens (tertiary/aromatic N) is 2. The summed E-state index contributed by atoms with van der Waals surface area (Å²) in [4.78, 5) is 27.3. The zero-order valence-corrected chi connectivity index (χ0v) is 22.8. The van der Waals surface area contributed by atoms with Crippen LogP contribution >= 0.6 is 11.6 Å². The highest BCUT2D eigenvalue weighted by Crippen LogP contribution is 2.28. The van der Waals surface area contributed by atoms with E-state index in [0.717, 1.165) is 19.1 Å². The van der Waals surface area contributed by atoms with Crippen LogP contribution in [0.1, 0.15) is 50.7 Å². The summed E-state index contributed by atoms with van der Waals surface area (Å²) in [6.45, 7) is 5.82. The van der Waals surface area contributed by atoms with Crippen molar-refractivity contribution in [2.75, 3.05) is 23.7 Å². The van der Waals surface area contributed by atoms with Gasteiger partial charge in [-0.1, -0.05) is 49.2 Å². The van der Waals surface area contributed by atoms with Crippen LogP contribution in [0, 0.1) is 12.7 Å². The number of carbonyl (C=O) groups excluding carboxylic acids is 2. The summed E-state index contributed by atoms with van der Waals surface area (Å²) in [5.74, 6) is -1.15. The topological polar surface area (TPSA) is 86.8 Å². The van der Waals surface area contributed by atoms with Gasteiger partial charge in [0.25, 0.3) is 0 Å². The van der Waals surface area contributed by atoms with E-state index in [-0.39, 0.29) is 37.7 Å². The Kier molecular flexibility index (Phi) is 11.2. The number of carbonyl (C=O) groups is 2. The Balaban J connectivity index is 2.19. The summed E-state index contributed by atoms with van der Waals surface area (Å²) < 4.78 is 40.6. The van der Waals surface area contributed by atoms with Crippen molar-refractivity contribution in [1.82, 2.24) is 10.2 Å². The van der Waals surface area contributed by atoms with E-state index in [4.69, 9.17) is 11.6 Å². The molecule has 0 aliphatic rings. The maximum atomic E-state index is 14.4. The van der Waals surface area contributed by atoms with Crippen molar-refractivity contribution in [3.05, 3.63) is 64.4 Å². The monoisotopic (exact) mass is 539 g/mol. The van der Waals surface area contributed by atoms with Crippen molar-refractivity contribution in [2.45, 2.75) is 59.0 Å². The first-order valence-electron chi connectivity index (χ1n) is 12.0. The first kappa shape index (κ1) is 29.6. The van der Waals surface area contributed by atoms with Crippen molar-refractivity contribution in [3.63, 3.8) is 0 Å². The molecule has 10 heteroatoms. The van der Waals surface area contributed by atoms with Crippen LogP contribution in [0.5, 0.6) is 0 Å². The van der Waals surface area contributed by atoms with Crippen LogP contribution in [-0.2, 0) is 26.2 Å². The molecule has 36 heavy (non-hydrogen) atoms. The highest BCUT2D eigenvalue weighted by Gasteiger charge is 2.27. The molecule has 0 saturated heterocycles. The number of anilines is 1. The predicted octanol–water partition coefficient (Wildman–Crippen LogP) is 4.67. The number of rotatable bonds is 13. The van der Waals surface area contributed by atoms with Crippen LogP contribution in [0.25, 0.3) is 0 Å². The second kappa shape index (κ2) is 13.6. The van der Waals surface area contributed by atoms with Crippen molar-refractivity contribution in [1.29, 1.82) is 0 Å². The quantitative estimate of drug-likeness (QED) is 0.375. The molecule has 1 N–H and O–H groups in total. The van der Waals surface area contributed by atoms with Gasteiger partial charge in [0.05, 0.1) is 11.9 Å². The van der Waals surface area contributed by atoms with Crippen LogP contribution < -0.4 is 9.62 Å².